The van der Waals surface area contributed by atoms with Crippen molar-refractivity contribution in [2.75, 3.05) is 18.2 Å². The molecule has 1 spiro atoms. The molecular formula is C25H36BrNO3Si. The second-order valence-electron chi connectivity index (χ2n) is 11.5. The first-order chi connectivity index (χ1) is 14.6. The van der Waals surface area contributed by atoms with Crippen molar-refractivity contribution in [3.8, 4) is 6.07 Å². The smallest absolute Gasteiger partial charge is 0.199 e. The van der Waals surface area contributed by atoms with Crippen LogP contribution < -0.4 is 0 Å². The van der Waals surface area contributed by atoms with Crippen LogP contribution in [0.3, 0.4) is 0 Å². The molecule has 31 heavy (non-hydrogen) atoms. The van der Waals surface area contributed by atoms with Crippen molar-refractivity contribution in [2.45, 2.75) is 83.3 Å². The minimum Gasteiger partial charge on any atom is -0.398 e. The molecule has 0 aromatic heterocycles. The first-order valence-corrected chi connectivity index (χ1v) is 16.2. The SMILES string of the molecule is C[C@]12CCC3(CC1=CC[C@@H]1C2=CC[C@@]2(C)[C@H]1CC[C@@]2(C#N)O[Si](C)(C)CBr)OCCO3. The molecule has 6 heteroatoms. The van der Waals surface area contributed by atoms with Gasteiger partial charge in [-0.2, -0.15) is 5.26 Å². The van der Waals surface area contributed by atoms with Gasteiger partial charge in [0.05, 0.1) is 19.3 Å². The fourth-order valence-corrected chi connectivity index (χ4v) is 9.25. The number of allylic oxidation sites excluding steroid dienone is 3. The normalized spacial score (nSPS) is 43.5. The second-order valence-corrected chi connectivity index (χ2v) is 17.2. The Morgan fingerprint density at radius 2 is 1.94 bits per heavy atom. The van der Waals surface area contributed by atoms with Crippen LogP contribution in [-0.4, -0.2) is 37.9 Å². The zero-order valence-corrected chi connectivity index (χ0v) is 22.0. The average molecular weight is 507 g/mol. The lowest BCUT2D eigenvalue weighted by Gasteiger charge is -2.56. The Balaban J connectivity index is 1.47. The molecule has 5 aliphatic rings. The quantitative estimate of drug-likeness (QED) is 0.266. The van der Waals surface area contributed by atoms with Crippen molar-refractivity contribution >= 4 is 24.2 Å². The molecule has 5 atom stereocenters. The van der Waals surface area contributed by atoms with Crippen LogP contribution in [0.25, 0.3) is 0 Å². The van der Waals surface area contributed by atoms with E-state index >= 15 is 0 Å². The molecule has 0 aromatic rings. The molecule has 0 unspecified atom stereocenters. The minimum atomic E-state index is -1.93. The molecule has 0 bridgehead atoms. The largest absolute Gasteiger partial charge is 0.398 e. The number of nitriles is 1. The molecule has 5 rings (SSSR count). The Morgan fingerprint density at radius 3 is 2.61 bits per heavy atom. The summed E-state index contributed by atoms with van der Waals surface area (Å²) in [4.78, 5) is 0.866. The van der Waals surface area contributed by atoms with Crippen molar-refractivity contribution in [3.05, 3.63) is 23.3 Å². The van der Waals surface area contributed by atoms with E-state index in [2.05, 4.69) is 61.1 Å². The number of alkyl halides is 1. The summed E-state index contributed by atoms with van der Waals surface area (Å²) in [5.74, 6) is 0.668. The van der Waals surface area contributed by atoms with Crippen molar-refractivity contribution < 1.29 is 13.9 Å². The summed E-state index contributed by atoms with van der Waals surface area (Å²) in [7, 11) is -1.93. The Labute approximate surface area is 196 Å². The summed E-state index contributed by atoms with van der Waals surface area (Å²) in [6, 6.07) is 2.72. The summed E-state index contributed by atoms with van der Waals surface area (Å²) in [5, 5.41) is 10.4. The van der Waals surface area contributed by atoms with Crippen LogP contribution in [0.4, 0.5) is 0 Å². The van der Waals surface area contributed by atoms with Crippen molar-refractivity contribution in [1.82, 2.24) is 0 Å². The summed E-state index contributed by atoms with van der Waals surface area (Å²) in [6.45, 7) is 10.7. The maximum Gasteiger partial charge on any atom is 0.199 e. The number of nitrogens with zero attached hydrogens (tertiary/aromatic N) is 1. The molecule has 4 aliphatic carbocycles. The third kappa shape index (κ3) is 3.14. The molecule has 0 amide bonds. The van der Waals surface area contributed by atoms with Gasteiger partial charge in [0.1, 0.15) is 5.60 Å². The highest BCUT2D eigenvalue weighted by atomic mass is 79.9. The van der Waals surface area contributed by atoms with Gasteiger partial charge in [-0.05, 0) is 57.0 Å². The maximum absolute atomic E-state index is 10.4. The van der Waals surface area contributed by atoms with Crippen LogP contribution in [0.15, 0.2) is 23.3 Å². The number of fused-ring (bicyclic) bond motifs is 5. The molecule has 3 fully saturated rings. The Kier molecular flexibility index (Phi) is 5.24. The number of hydrogen-bond acceptors (Lipinski definition) is 4. The van der Waals surface area contributed by atoms with E-state index in [9.17, 15) is 5.26 Å². The topological polar surface area (TPSA) is 51.5 Å². The van der Waals surface area contributed by atoms with Crippen molar-refractivity contribution in [1.29, 1.82) is 5.26 Å². The molecule has 1 aliphatic heterocycles. The van der Waals surface area contributed by atoms with Gasteiger partial charge in [-0.25, -0.2) is 0 Å². The molecule has 2 saturated carbocycles. The van der Waals surface area contributed by atoms with Crippen LogP contribution in [0.5, 0.6) is 0 Å². The van der Waals surface area contributed by atoms with E-state index in [0.29, 0.717) is 11.8 Å². The van der Waals surface area contributed by atoms with Crippen molar-refractivity contribution in [3.63, 3.8) is 0 Å². The zero-order valence-electron chi connectivity index (χ0n) is 19.4. The van der Waals surface area contributed by atoms with Crippen molar-refractivity contribution in [2.24, 2.45) is 22.7 Å². The van der Waals surface area contributed by atoms with Gasteiger partial charge in [0, 0.05) is 28.6 Å². The Hall–Kier alpha value is -0.453. The number of rotatable bonds is 3. The molecule has 0 aromatic carbocycles. The molecule has 170 valence electrons. The molecule has 0 N–H and O–H groups in total. The molecule has 1 saturated heterocycles. The van der Waals surface area contributed by atoms with Gasteiger partial charge in [0.15, 0.2) is 14.1 Å². The van der Waals surface area contributed by atoms with Gasteiger partial charge in [-0.3, -0.25) is 0 Å². The van der Waals surface area contributed by atoms with Gasteiger partial charge >= 0.3 is 0 Å². The minimum absolute atomic E-state index is 0.113. The van der Waals surface area contributed by atoms with Gasteiger partial charge in [-0.15, -0.1) is 0 Å². The van der Waals surface area contributed by atoms with Crippen LogP contribution in [-0.2, 0) is 13.9 Å². The molecule has 0 radical (unpaired) electrons. The fraction of sp³-hybridized carbons (Fsp3) is 0.800. The standard InChI is InChI=1S/C25H36BrNO3Si/c1-22-11-12-25(28-13-14-29-25)15-18(22)5-6-19-20(22)7-9-23(2)21(19)8-10-24(23,16-27)30-31(3,4)17-26/h5,7,19,21H,6,8-15,17H2,1-4H3/t19-,21+,22+,23+,24+/m1/s1. The Morgan fingerprint density at radius 1 is 1.19 bits per heavy atom. The second kappa shape index (κ2) is 7.27. The van der Waals surface area contributed by atoms with E-state index < -0.39 is 13.9 Å². The fourth-order valence-electron chi connectivity index (χ4n) is 7.53. The summed E-state index contributed by atoms with van der Waals surface area (Å²) < 4.78 is 18.9. The molecule has 1 heterocycles. The van der Waals surface area contributed by atoms with Crippen LogP contribution in [0, 0.1) is 34.0 Å². The summed E-state index contributed by atoms with van der Waals surface area (Å²) in [5.41, 5.74) is 2.49. The maximum atomic E-state index is 10.4. The number of ether oxygens (including phenoxy) is 2. The van der Waals surface area contributed by atoms with E-state index in [0.717, 1.165) is 63.1 Å². The average Bonchev–Trinajstić information content (AvgIpc) is 3.31. The van der Waals surface area contributed by atoms with Crippen LogP contribution >= 0.6 is 15.9 Å². The predicted molar refractivity (Wildman–Crippen MR) is 127 cm³/mol. The predicted octanol–water partition coefficient (Wildman–Crippen LogP) is 6.03. The zero-order chi connectivity index (χ0) is 22.1. The van der Waals surface area contributed by atoms with E-state index in [-0.39, 0.29) is 16.6 Å². The van der Waals surface area contributed by atoms with Crippen LogP contribution in [0.1, 0.15) is 58.8 Å². The summed E-state index contributed by atoms with van der Waals surface area (Å²) >= 11 is 3.65. The third-order valence-electron chi connectivity index (χ3n) is 9.38. The van der Waals surface area contributed by atoms with Gasteiger partial charge in [0.25, 0.3) is 0 Å². The first-order valence-electron chi connectivity index (χ1n) is 12.0. The van der Waals surface area contributed by atoms with E-state index in [1.54, 1.807) is 5.57 Å². The van der Waals surface area contributed by atoms with Gasteiger partial charge in [0.2, 0.25) is 0 Å². The van der Waals surface area contributed by atoms with E-state index in [1.165, 1.54) is 5.57 Å². The number of halogens is 1. The van der Waals surface area contributed by atoms with Gasteiger partial charge < -0.3 is 13.9 Å². The van der Waals surface area contributed by atoms with E-state index in [4.69, 9.17) is 13.9 Å². The van der Waals surface area contributed by atoms with E-state index in [1.807, 2.05) is 0 Å². The lowest BCUT2D eigenvalue weighted by Crippen LogP contribution is -2.56. The highest BCUT2D eigenvalue weighted by Crippen LogP contribution is 2.66. The lowest BCUT2D eigenvalue weighted by atomic mass is 9.51. The molecule has 4 nitrogen and oxygen atoms in total. The lowest BCUT2D eigenvalue weighted by molar-refractivity contribution is -0.175. The highest BCUT2D eigenvalue weighted by Gasteiger charge is 2.64. The first kappa shape index (κ1) is 22.3. The molecular weight excluding hydrogens is 470 g/mol. The highest BCUT2D eigenvalue weighted by molar-refractivity contribution is 9.09. The number of hydrogen-bond donors (Lipinski definition) is 0. The Bertz CT molecular complexity index is 872. The van der Waals surface area contributed by atoms with Crippen LogP contribution in [0.2, 0.25) is 13.1 Å². The monoisotopic (exact) mass is 505 g/mol. The summed E-state index contributed by atoms with van der Waals surface area (Å²) in [6.07, 6.45) is 12.0. The third-order valence-corrected chi connectivity index (χ3v) is 15.0. The van der Waals surface area contributed by atoms with Gasteiger partial charge in [-0.1, -0.05) is 53.1 Å².